The second-order valence-electron chi connectivity index (χ2n) is 12.9. The van der Waals surface area contributed by atoms with Gasteiger partial charge in [0.15, 0.2) is 0 Å². The third kappa shape index (κ3) is 6.35. The number of carbonyl (C=O) groups is 4. The Morgan fingerprint density at radius 2 is 1.83 bits per heavy atom. The van der Waals surface area contributed by atoms with Crippen molar-refractivity contribution < 1.29 is 33.8 Å². The Labute approximate surface area is 290 Å². The molecule has 0 aliphatic carbocycles. The van der Waals surface area contributed by atoms with Crippen molar-refractivity contribution in [1.29, 1.82) is 0 Å². The van der Waals surface area contributed by atoms with Crippen LogP contribution in [0, 0.1) is 25.7 Å². The van der Waals surface area contributed by atoms with Crippen molar-refractivity contribution in [2.24, 2.45) is 11.8 Å². The number of hydrogen-bond donors (Lipinski definition) is 2. The number of esters is 1. The lowest BCUT2D eigenvalue weighted by Crippen LogP contribution is -2.58. The first-order valence-electron chi connectivity index (χ1n) is 16.4. The minimum Gasteiger partial charge on any atom is -0.460 e. The number of nitrogens with one attached hydrogen (secondary N) is 1. The van der Waals surface area contributed by atoms with Gasteiger partial charge in [0.1, 0.15) is 17.7 Å². The van der Waals surface area contributed by atoms with Crippen LogP contribution in [0.5, 0.6) is 0 Å². The molecular formula is C37H44BrN3O7. The van der Waals surface area contributed by atoms with Gasteiger partial charge in [0, 0.05) is 23.5 Å². The number of hydrogen-bond acceptors (Lipinski definition) is 7. The van der Waals surface area contributed by atoms with Crippen LogP contribution in [0.2, 0.25) is 0 Å². The molecule has 3 fully saturated rings. The number of para-hydroxylation sites is 1. The van der Waals surface area contributed by atoms with Gasteiger partial charge in [-0.2, -0.15) is 0 Å². The number of halogens is 1. The molecule has 2 aromatic carbocycles. The number of fused-ring (bicyclic) bond motifs is 1. The van der Waals surface area contributed by atoms with Gasteiger partial charge in [0.25, 0.3) is 5.91 Å². The SMILES string of the molecule is C=CCCC(=O)NC[C@@H](C)OC(=O)[C@@H]1[C@H]2O[C@@]3(CC2Br)[C@H](C(=O)N(CC=C)c2c(C)cccc2C)N([C@H](CO)c2ccccc2)C(=O)[C@@H]13. The van der Waals surface area contributed by atoms with E-state index in [-0.39, 0.29) is 36.2 Å². The molecule has 8 atom stereocenters. The predicted octanol–water partition coefficient (Wildman–Crippen LogP) is 4.32. The summed E-state index contributed by atoms with van der Waals surface area (Å²) in [5, 5.41) is 13.6. The van der Waals surface area contributed by atoms with E-state index in [1.54, 1.807) is 36.1 Å². The molecule has 0 radical (unpaired) electrons. The molecule has 1 spiro atoms. The smallest absolute Gasteiger partial charge is 0.312 e. The van der Waals surface area contributed by atoms with E-state index in [0.717, 1.165) is 11.1 Å². The van der Waals surface area contributed by atoms with E-state index in [4.69, 9.17) is 9.47 Å². The minimum absolute atomic E-state index is 0.0988. The Morgan fingerprint density at radius 3 is 2.46 bits per heavy atom. The van der Waals surface area contributed by atoms with Gasteiger partial charge < -0.3 is 29.7 Å². The summed E-state index contributed by atoms with van der Waals surface area (Å²) in [6.07, 6.45) is 2.98. The molecule has 0 saturated carbocycles. The molecule has 3 saturated heterocycles. The molecule has 11 heteroatoms. The van der Waals surface area contributed by atoms with E-state index in [2.05, 4.69) is 34.4 Å². The normalized spacial score (nSPS) is 26.8. The molecule has 3 aliphatic heterocycles. The number of amides is 3. The fourth-order valence-electron chi connectivity index (χ4n) is 7.68. The number of alkyl halides is 1. The van der Waals surface area contributed by atoms with Crippen molar-refractivity contribution in [3.05, 3.63) is 90.5 Å². The third-order valence-electron chi connectivity index (χ3n) is 9.69. The molecule has 2 N–H and O–H groups in total. The number of benzene rings is 2. The fraction of sp³-hybridized carbons (Fsp3) is 0.459. The highest BCUT2D eigenvalue weighted by Crippen LogP contribution is 2.61. The molecule has 3 heterocycles. The lowest BCUT2D eigenvalue weighted by Gasteiger charge is -2.40. The van der Waals surface area contributed by atoms with Gasteiger partial charge in [0.2, 0.25) is 11.8 Å². The third-order valence-corrected chi connectivity index (χ3v) is 10.5. The highest BCUT2D eigenvalue weighted by Gasteiger charge is 2.77. The summed E-state index contributed by atoms with van der Waals surface area (Å²) >= 11 is 3.71. The predicted molar refractivity (Wildman–Crippen MR) is 185 cm³/mol. The van der Waals surface area contributed by atoms with Crippen molar-refractivity contribution in [1.82, 2.24) is 10.2 Å². The number of rotatable bonds is 14. The second kappa shape index (κ2) is 14.8. The summed E-state index contributed by atoms with van der Waals surface area (Å²) in [5.74, 6) is -3.71. The number of allylic oxidation sites excluding steroid dienone is 1. The van der Waals surface area contributed by atoms with Crippen LogP contribution in [-0.2, 0) is 28.7 Å². The maximum absolute atomic E-state index is 15.1. The van der Waals surface area contributed by atoms with E-state index in [9.17, 15) is 19.5 Å². The van der Waals surface area contributed by atoms with Gasteiger partial charge in [0.05, 0.1) is 37.1 Å². The fourth-order valence-corrected chi connectivity index (χ4v) is 8.62. The van der Waals surface area contributed by atoms with Gasteiger partial charge >= 0.3 is 5.97 Å². The van der Waals surface area contributed by atoms with Crippen LogP contribution < -0.4 is 10.2 Å². The summed E-state index contributed by atoms with van der Waals surface area (Å²) < 4.78 is 12.5. The summed E-state index contributed by atoms with van der Waals surface area (Å²) in [6, 6.07) is 12.8. The highest BCUT2D eigenvalue weighted by molar-refractivity contribution is 9.09. The monoisotopic (exact) mass is 721 g/mol. The van der Waals surface area contributed by atoms with Gasteiger partial charge in [-0.25, -0.2) is 0 Å². The maximum atomic E-state index is 15.1. The number of anilines is 1. The second-order valence-corrected chi connectivity index (χ2v) is 14.1. The number of aliphatic hydroxyl groups is 1. The average molecular weight is 723 g/mol. The standard InChI is InChI=1S/C37H44BrN3O7/c1-6-8-17-28(43)39-20-24(5)47-36(46)29-30-34(44)41(27(21-42)25-15-10-9-11-16-25)33(37(30)19-26(38)32(29)48-37)35(45)40(18-7-2)31-22(3)13-12-14-23(31)4/h6-7,9-16,24,26-27,29-30,32-33,42H,1-2,8,17-21H2,3-5H3,(H,39,43)/t24-,26?,27-,29+,30-,32+,33+,37-/m1/s1. The molecule has 5 rings (SSSR count). The largest absolute Gasteiger partial charge is 0.460 e. The lowest BCUT2D eigenvalue weighted by atomic mass is 9.70. The van der Waals surface area contributed by atoms with Crippen molar-refractivity contribution >= 4 is 45.3 Å². The van der Waals surface area contributed by atoms with E-state index in [1.807, 2.05) is 50.2 Å². The minimum atomic E-state index is -1.38. The molecule has 48 heavy (non-hydrogen) atoms. The molecule has 2 bridgehead atoms. The van der Waals surface area contributed by atoms with Gasteiger partial charge in [-0.05, 0) is 50.3 Å². The molecule has 2 aromatic rings. The van der Waals surface area contributed by atoms with Crippen LogP contribution in [0.15, 0.2) is 73.8 Å². The van der Waals surface area contributed by atoms with Crippen LogP contribution in [-0.4, -0.2) is 82.1 Å². The first-order valence-corrected chi connectivity index (χ1v) is 17.3. The zero-order chi connectivity index (χ0) is 34.7. The van der Waals surface area contributed by atoms with Crippen molar-refractivity contribution in [2.75, 3.05) is 24.6 Å². The Morgan fingerprint density at radius 1 is 1.15 bits per heavy atom. The van der Waals surface area contributed by atoms with Crippen molar-refractivity contribution in [3.63, 3.8) is 0 Å². The maximum Gasteiger partial charge on any atom is 0.312 e. The highest BCUT2D eigenvalue weighted by atomic mass is 79.9. The van der Waals surface area contributed by atoms with Crippen LogP contribution in [0.4, 0.5) is 5.69 Å². The first-order chi connectivity index (χ1) is 23.0. The molecule has 1 unspecified atom stereocenters. The average Bonchev–Trinajstić information content (AvgIpc) is 3.66. The Balaban J connectivity index is 1.55. The van der Waals surface area contributed by atoms with Gasteiger partial charge in [-0.1, -0.05) is 76.6 Å². The summed E-state index contributed by atoms with van der Waals surface area (Å²) in [6.45, 7) is 12.9. The molecule has 256 valence electrons. The number of nitrogens with zero attached hydrogens (tertiary/aromatic N) is 2. The number of likely N-dealkylation sites (tertiary alicyclic amines) is 1. The number of carbonyl (C=O) groups excluding carboxylic acids is 4. The van der Waals surface area contributed by atoms with Crippen LogP contribution in [0.1, 0.15) is 48.9 Å². The Kier molecular flexibility index (Phi) is 10.9. The topological polar surface area (TPSA) is 125 Å². The molecular weight excluding hydrogens is 678 g/mol. The number of aliphatic hydroxyl groups excluding tert-OH is 1. The Hall–Kier alpha value is -3.80. The zero-order valence-electron chi connectivity index (χ0n) is 27.6. The lowest BCUT2D eigenvalue weighted by molar-refractivity contribution is -0.159. The van der Waals surface area contributed by atoms with E-state index in [1.165, 1.54) is 4.90 Å². The molecule has 0 aromatic heterocycles. The van der Waals surface area contributed by atoms with Gasteiger partial charge in [-0.3, -0.25) is 19.2 Å². The first kappa shape index (κ1) is 35.5. The van der Waals surface area contributed by atoms with Crippen LogP contribution in [0.3, 0.4) is 0 Å². The molecule has 3 aliphatic rings. The number of ether oxygens (including phenoxy) is 2. The van der Waals surface area contributed by atoms with Crippen molar-refractivity contribution in [2.45, 2.75) is 74.8 Å². The van der Waals surface area contributed by atoms with Gasteiger partial charge in [-0.15, -0.1) is 13.2 Å². The molecule has 10 nitrogen and oxygen atoms in total. The van der Waals surface area contributed by atoms with E-state index >= 15 is 4.79 Å². The zero-order valence-corrected chi connectivity index (χ0v) is 29.2. The quantitative estimate of drug-likeness (QED) is 0.169. The van der Waals surface area contributed by atoms with E-state index in [0.29, 0.717) is 24.1 Å². The number of aryl methyl sites for hydroxylation is 2. The van der Waals surface area contributed by atoms with E-state index < -0.39 is 60.2 Å². The molecule has 3 amide bonds. The van der Waals surface area contributed by atoms with Crippen LogP contribution >= 0.6 is 15.9 Å². The van der Waals surface area contributed by atoms with Crippen molar-refractivity contribution in [3.8, 4) is 0 Å². The summed E-state index contributed by atoms with van der Waals surface area (Å²) in [5.41, 5.74) is 1.72. The summed E-state index contributed by atoms with van der Waals surface area (Å²) in [7, 11) is 0. The van der Waals surface area contributed by atoms with Crippen LogP contribution in [0.25, 0.3) is 0 Å². The summed E-state index contributed by atoms with van der Waals surface area (Å²) in [4.78, 5) is 58.7. The Bertz CT molecular complexity index is 1550.